The standard InChI is InChI=1S/C18H36O3/c1-16(2,3)19-13-10-14(20-17(4,5)6)12-15(11-13)21-18(7,8)9/h13-15H,10-12H2,1-9H3. The third-order valence-electron chi connectivity index (χ3n) is 3.14. The Morgan fingerprint density at radius 1 is 0.476 bits per heavy atom. The SMILES string of the molecule is CC(C)(C)OC1CC(OC(C)(C)C)CC(OC(C)(C)C)C1. The number of ether oxygens (including phenoxy) is 3. The summed E-state index contributed by atoms with van der Waals surface area (Å²) in [6, 6.07) is 0. The first-order valence-electron chi connectivity index (χ1n) is 8.27. The average Bonchev–Trinajstić information content (AvgIpc) is 2.06. The van der Waals surface area contributed by atoms with Crippen molar-refractivity contribution in [1.29, 1.82) is 0 Å². The predicted molar refractivity (Wildman–Crippen MR) is 87.7 cm³/mol. The molecule has 0 saturated heterocycles. The molecule has 0 spiro atoms. The predicted octanol–water partition coefficient (Wildman–Crippen LogP) is 4.72. The van der Waals surface area contributed by atoms with Crippen LogP contribution in [0.4, 0.5) is 0 Å². The van der Waals surface area contributed by atoms with Crippen molar-refractivity contribution in [3.63, 3.8) is 0 Å². The third kappa shape index (κ3) is 8.80. The molecule has 1 saturated carbocycles. The number of hydrogen-bond acceptors (Lipinski definition) is 3. The molecule has 0 aromatic heterocycles. The lowest BCUT2D eigenvalue weighted by Crippen LogP contribution is -2.44. The first kappa shape index (κ1) is 18.9. The van der Waals surface area contributed by atoms with Crippen LogP contribution in [0.2, 0.25) is 0 Å². The largest absolute Gasteiger partial charge is 0.372 e. The quantitative estimate of drug-likeness (QED) is 0.754. The minimum Gasteiger partial charge on any atom is -0.372 e. The van der Waals surface area contributed by atoms with Gasteiger partial charge in [0.25, 0.3) is 0 Å². The monoisotopic (exact) mass is 300 g/mol. The fraction of sp³-hybridized carbons (Fsp3) is 1.00. The van der Waals surface area contributed by atoms with Gasteiger partial charge in [-0.1, -0.05) is 0 Å². The van der Waals surface area contributed by atoms with Crippen LogP contribution in [0, 0.1) is 0 Å². The Labute approximate surface area is 131 Å². The molecule has 1 rings (SSSR count). The first-order valence-corrected chi connectivity index (χ1v) is 8.27. The molecule has 0 amide bonds. The Kier molecular flexibility index (Phi) is 5.91. The lowest BCUT2D eigenvalue weighted by atomic mass is 9.90. The van der Waals surface area contributed by atoms with Gasteiger partial charge in [-0.15, -0.1) is 0 Å². The molecule has 3 nitrogen and oxygen atoms in total. The molecule has 1 aliphatic rings. The molecule has 0 aromatic rings. The van der Waals surface area contributed by atoms with Crippen molar-refractivity contribution in [2.75, 3.05) is 0 Å². The molecule has 21 heavy (non-hydrogen) atoms. The van der Waals surface area contributed by atoms with E-state index in [2.05, 4.69) is 62.3 Å². The molecular formula is C18H36O3. The van der Waals surface area contributed by atoms with Crippen molar-refractivity contribution in [1.82, 2.24) is 0 Å². The maximum absolute atomic E-state index is 6.21. The van der Waals surface area contributed by atoms with Crippen LogP contribution >= 0.6 is 0 Å². The molecule has 0 radical (unpaired) electrons. The highest BCUT2D eigenvalue weighted by atomic mass is 16.5. The smallest absolute Gasteiger partial charge is 0.0631 e. The van der Waals surface area contributed by atoms with E-state index in [-0.39, 0.29) is 35.1 Å². The number of hydrogen-bond donors (Lipinski definition) is 0. The Morgan fingerprint density at radius 2 is 0.667 bits per heavy atom. The Balaban J connectivity index is 2.73. The molecular weight excluding hydrogens is 264 g/mol. The summed E-state index contributed by atoms with van der Waals surface area (Å²) >= 11 is 0. The summed E-state index contributed by atoms with van der Waals surface area (Å²) in [6.07, 6.45) is 3.49. The van der Waals surface area contributed by atoms with E-state index in [0.29, 0.717) is 0 Å². The van der Waals surface area contributed by atoms with E-state index < -0.39 is 0 Å². The molecule has 0 N–H and O–H groups in total. The van der Waals surface area contributed by atoms with Gasteiger partial charge >= 0.3 is 0 Å². The van der Waals surface area contributed by atoms with Gasteiger partial charge in [-0.2, -0.15) is 0 Å². The van der Waals surface area contributed by atoms with Gasteiger partial charge in [-0.25, -0.2) is 0 Å². The molecule has 0 unspecified atom stereocenters. The zero-order valence-electron chi connectivity index (χ0n) is 15.6. The van der Waals surface area contributed by atoms with Crippen molar-refractivity contribution in [2.24, 2.45) is 0 Å². The maximum atomic E-state index is 6.21. The van der Waals surface area contributed by atoms with Crippen LogP contribution in [0.15, 0.2) is 0 Å². The van der Waals surface area contributed by atoms with Gasteiger partial charge in [0, 0.05) is 19.3 Å². The van der Waals surface area contributed by atoms with Crippen LogP contribution in [0.25, 0.3) is 0 Å². The molecule has 0 heterocycles. The van der Waals surface area contributed by atoms with E-state index in [1.807, 2.05) is 0 Å². The molecule has 0 aromatic carbocycles. The van der Waals surface area contributed by atoms with Crippen molar-refractivity contribution in [3.8, 4) is 0 Å². The summed E-state index contributed by atoms with van der Waals surface area (Å²) in [7, 11) is 0. The van der Waals surface area contributed by atoms with Gasteiger partial charge in [0.15, 0.2) is 0 Å². The van der Waals surface area contributed by atoms with E-state index in [4.69, 9.17) is 14.2 Å². The maximum Gasteiger partial charge on any atom is 0.0631 e. The summed E-state index contributed by atoms with van der Waals surface area (Å²) < 4.78 is 18.6. The normalized spacial score (nSPS) is 28.7. The van der Waals surface area contributed by atoms with Crippen LogP contribution in [0.5, 0.6) is 0 Å². The zero-order chi connectivity index (χ0) is 16.5. The van der Waals surface area contributed by atoms with Gasteiger partial charge in [-0.05, 0) is 62.3 Å². The third-order valence-corrected chi connectivity index (χ3v) is 3.14. The van der Waals surface area contributed by atoms with Gasteiger partial charge < -0.3 is 14.2 Å². The summed E-state index contributed by atoms with van der Waals surface area (Å²) in [5, 5.41) is 0. The van der Waals surface area contributed by atoms with E-state index in [1.54, 1.807) is 0 Å². The van der Waals surface area contributed by atoms with Gasteiger partial charge in [0.1, 0.15) is 0 Å². The summed E-state index contributed by atoms with van der Waals surface area (Å²) in [5.74, 6) is 0. The average molecular weight is 300 g/mol. The minimum atomic E-state index is -0.124. The van der Waals surface area contributed by atoms with E-state index >= 15 is 0 Å². The van der Waals surface area contributed by atoms with Crippen LogP contribution in [-0.2, 0) is 14.2 Å². The van der Waals surface area contributed by atoms with Crippen molar-refractivity contribution >= 4 is 0 Å². The van der Waals surface area contributed by atoms with Crippen molar-refractivity contribution in [2.45, 2.75) is 117 Å². The molecule has 1 fully saturated rings. The Hall–Kier alpha value is -0.120. The van der Waals surface area contributed by atoms with E-state index in [0.717, 1.165) is 19.3 Å². The van der Waals surface area contributed by atoms with Crippen LogP contribution < -0.4 is 0 Å². The molecule has 1 aliphatic carbocycles. The van der Waals surface area contributed by atoms with Crippen molar-refractivity contribution < 1.29 is 14.2 Å². The van der Waals surface area contributed by atoms with Gasteiger partial charge in [0.05, 0.1) is 35.1 Å². The second kappa shape index (κ2) is 6.55. The summed E-state index contributed by atoms with van der Waals surface area (Å²) in [6.45, 7) is 19.0. The van der Waals surface area contributed by atoms with Crippen LogP contribution in [0.1, 0.15) is 81.6 Å². The second-order valence-electron chi connectivity index (χ2n) is 9.26. The van der Waals surface area contributed by atoms with E-state index in [1.165, 1.54) is 0 Å². The fourth-order valence-corrected chi connectivity index (χ4v) is 2.96. The highest BCUT2D eigenvalue weighted by Gasteiger charge is 2.36. The highest BCUT2D eigenvalue weighted by Crippen LogP contribution is 2.32. The lowest BCUT2D eigenvalue weighted by Gasteiger charge is -2.41. The topological polar surface area (TPSA) is 27.7 Å². The van der Waals surface area contributed by atoms with Gasteiger partial charge in [-0.3, -0.25) is 0 Å². The molecule has 0 bridgehead atoms. The van der Waals surface area contributed by atoms with Crippen molar-refractivity contribution in [3.05, 3.63) is 0 Å². The second-order valence-corrected chi connectivity index (χ2v) is 9.26. The Bertz CT molecular complexity index is 259. The lowest BCUT2D eigenvalue weighted by molar-refractivity contribution is -0.176. The summed E-state index contributed by atoms with van der Waals surface area (Å²) in [4.78, 5) is 0. The van der Waals surface area contributed by atoms with E-state index in [9.17, 15) is 0 Å². The fourth-order valence-electron chi connectivity index (χ4n) is 2.96. The Morgan fingerprint density at radius 3 is 0.810 bits per heavy atom. The van der Waals surface area contributed by atoms with Crippen LogP contribution in [-0.4, -0.2) is 35.1 Å². The molecule has 0 atom stereocenters. The molecule has 0 aliphatic heterocycles. The number of rotatable bonds is 3. The highest BCUT2D eigenvalue weighted by molar-refractivity contribution is 4.85. The molecule has 3 heteroatoms. The molecule has 126 valence electrons. The van der Waals surface area contributed by atoms with Crippen LogP contribution in [0.3, 0.4) is 0 Å². The van der Waals surface area contributed by atoms with Gasteiger partial charge in [0.2, 0.25) is 0 Å². The first-order chi connectivity index (χ1) is 9.23. The zero-order valence-corrected chi connectivity index (χ0v) is 15.6. The minimum absolute atomic E-state index is 0.124. The summed E-state index contributed by atoms with van der Waals surface area (Å²) in [5.41, 5.74) is -0.373.